The van der Waals surface area contributed by atoms with Crippen LogP contribution in [0.1, 0.15) is 5.56 Å². The van der Waals surface area contributed by atoms with Crippen molar-refractivity contribution < 1.29 is 13.6 Å². The molecule has 1 aromatic rings. The minimum Gasteiger partial charge on any atom is -0.322 e. The fraction of sp³-hybridized carbons (Fsp3) is 0.182. The molecule has 0 fully saturated rings. The van der Waals surface area contributed by atoms with E-state index >= 15 is 0 Å². The highest BCUT2D eigenvalue weighted by molar-refractivity contribution is 6.30. The summed E-state index contributed by atoms with van der Waals surface area (Å²) in [5.74, 6) is -0.592. The number of hydrogen-bond acceptors (Lipinski definition) is 1. The number of allylic oxidation sites excluding steroid dienone is 1. The molecule has 0 aliphatic rings. The maximum atomic E-state index is 11.8. The van der Waals surface area contributed by atoms with Gasteiger partial charge in [-0.2, -0.15) is 0 Å². The van der Waals surface area contributed by atoms with Gasteiger partial charge in [-0.3, -0.25) is 4.79 Å². The monoisotopic (exact) mass is 245 g/mol. The van der Waals surface area contributed by atoms with Gasteiger partial charge >= 0.3 is 0 Å². The van der Waals surface area contributed by atoms with Gasteiger partial charge in [0.2, 0.25) is 5.91 Å². The molecule has 0 bridgehead atoms. The molecule has 1 amide bonds. The smallest absolute Gasteiger partial charge is 0.257 e. The highest BCUT2D eigenvalue weighted by atomic mass is 35.5. The van der Waals surface area contributed by atoms with Crippen LogP contribution in [0.25, 0.3) is 0 Å². The summed E-state index contributed by atoms with van der Waals surface area (Å²) in [5.41, 5.74) is 1.32. The zero-order valence-corrected chi connectivity index (χ0v) is 9.26. The van der Waals surface area contributed by atoms with Crippen molar-refractivity contribution in [2.75, 3.05) is 5.32 Å². The average molecular weight is 246 g/mol. The number of rotatable bonds is 3. The van der Waals surface area contributed by atoms with Crippen molar-refractivity contribution in [1.29, 1.82) is 0 Å². The normalized spacial score (nSPS) is 11.1. The van der Waals surface area contributed by atoms with Crippen LogP contribution in [0, 0.1) is 6.92 Å². The zero-order chi connectivity index (χ0) is 12.1. The first kappa shape index (κ1) is 12.6. The van der Waals surface area contributed by atoms with E-state index in [2.05, 4.69) is 5.32 Å². The molecule has 0 atom stereocenters. The predicted molar refractivity (Wildman–Crippen MR) is 60.0 cm³/mol. The lowest BCUT2D eigenvalue weighted by Gasteiger charge is -2.06. The number of aryl methyl sites for hydroxylation is 1. The fourth-order valence-corrected chi connectivity index (χ4v) is 1.33. The highest BCUT2D eigenvalue weighted by Gasteiger charge is 2.03. The van der Waals surface area contributed by atoms with Crippen molar-refractivity contribution in [3.63, 3.8) is 0 Å². The van der Waals surface area contributed by atoms with E-state index in [-0.39, 0.29) is 0 Å². The lowest BCUT2D eigenvalue weighted by molar-refractivity contribution is -0.112. The molecule has 1 rings (SSSR count). The maximum Gasteiger partial charge on any atom is 0.257 e. The molecule has 0 aliphatic heterocycles. The number of nitrogens with one attached hydrogen (secondary N) is 1. The van der Waals surface area contributed by atoms with Crippen LogP contribution in [0.5, 0.6) is 0 Å². The number of benzene rings is 1. The molecule has 2 nitrogen and oxygen atoms in total. The van der Waals surface area contributed by atoms with Gasteiger partial charge in [0.25, 0.3) is 6.43 Å². The molecule has 86 valence electrons. The molecule has 0 unspecified atom stereocenters. The second-order valence-electron chi connectivity index (χ2n) is 3.14. The Morgan fingerprint density at radius 1 is 1.50 bits per heavy atom. The SMILES string of the molecule is Cc1cc(Cl)ccc1NC(=O)/C=C/C(F)F. The Kier molecular flexibility index (Phi) is 4.43. The van der Waals surface area contributed by atoms with Crippen molar-refractivity contribution in [3.05, 3.63) is 40.9 Å². The second kappa shape index (κ2) is 5.61. The Balaban J connectivity index is 2.70. The molecule has 0 saturated heterocycles. The number of halogens is 3. The van der Waals surface area contributed by atoms with Crippen molar-refractivity contribution in [2.24, 2.45) is 0 Å². The minimum atomic E-state index is -2.63. The summed E-state index contributed by atoms with van der Waals surface area (Å²) in [5, 5.41) is 3.03. The van der Waals surface area contributed by atoms with Gasteiger partial charge < -0.3 is 5.32 Å². The summed E-state index contributed by atoms with van der Waals surface area (Å²) >= 11 is 5.73. The van der Waals surface area contributed by atoms with Gasteiger partial charge in [-0.15, -0.1) is 0 Å². The number of alkyl halides is 2. The first-order valence-corrected chi connectivity index (χ1v) is 4.90. The number of anilines is 1. The Morgan fingerprint density at radius 2 is 2.19 bits per heavy atom. The number of carbonyl (C=O) groups excluding carboxylic acids is 1. The molecule has 0 radical (unpaired) electrons. The van der Waals surface area contributed by atoms with Gasteiger partial charge in [0, 0.05) is 16.8 Å². The third kappa shape index (κ3) is 3.98. The number of amides is 1. The molecule has 16 heavy (non-hydrogen) atoms. The number of hydrogen-bond donors (Lipinski definition) is 1. The molecular formula is C11H10ClF2NO. The van der Waals surface area contributed by atoms with E-state index in [0.717, 1.165) is 11.6 Å². The van der Waals surface area contributed by atoms with Crippen LogP contribution >= 0.6 is 11.6 Å². The molecule has 0 heterocycles. The maximum absolute atomic E-state index is 11.8. The van der Waals surface area contributed by atoms with E-state index in [1.165, 1.54) is 0 Å². The molecule has 0 aliphatic carbocycles. The summed E-state index contributed by atoms with van der Waals surface area (Å²) in [7, 11) is 0. The lowest BCUT2D eigenvalue weighted by atomic mass is 10.2. The average Bonchev–Trinajstić information content (AvgIpc) is 2.19. The van der Waals surface area contributed by atoms with Gasteiger partial charge in [0.15, 0.2) is 0 Å². The van der Waals surface area contributed by atoms with Crippen LogP contribution in [0.4, 0.5) is 14.5 Å². The third-order valence-electron chi connectivity index (χ3n) is 1.84. The summed E-state index contributed by atoms with van der Waals surface area (Å²) in [6.07, 6.45) is -1.30. The number of carbonyl (C=O) groups is 1. The first-order valence-electron chi connectivity index (χ1n) is 4.52. The van der Waals surface area contributed by atoms with E-state index in [0.29, 0.717) is 16.8 Å². The Morgan fingerprint density at radius 3 is 2.75 bits per heavy atom. The van der Waals surface area contributed by atoms with Gasteiger partial charge in [0.1, 0.15) is 0 Å². The van der Waals surface area contributed by atoms with Crippen LogP contribution in [-0.4, -0.2) is 12.3 Å². The highest BCUT2D eigenvalue weighted by Crippen LogP contribution is 2.19. The van der Waals surface area contributed by atoms with E-state index in [1.807, 2.05) is 0 Å². The third-order valence-corrected chi connectivity index (χ3v) is 2.07. The van der Waals surface area contributed by atoms with Crippen LogP contribution in [0.2, 0.25) is 5.02 Å². The summed E-state index contributed by atoms with van der Waals surface area (Å²) in [6, 6.07) is 4.90. The first-order chi connectivity index (χ1) is 7.49. The van der Waals surface area contributed by atoms with E-state index in [4.69, 9.17) is 11.6 Å². The Bertz CT molecular complexity index is 418. The van der Waals surface area contributed by atoms with E-state index < -0.39 is 12.3 Å². The molecule has 1 aromatic carbocycles. The minimum absolute atomic E-state index is 0.528. The summed E-state index contributed by atoms with van der Waals surface area (Å²) < 4.78 is 23.6. The molecule has 0 saturated carbocycles. The molecule has 0 aromatic heterocycles. The van der Waals surface area contributed by atoms with Crippen LogP contribution < -0.4 is 5.32 Å². The summed E-state index contributed by atoms with van der Waals surface area (Å²) in [6.45, 7) is 1.76. The molecule has 0 spiro atoms. The fourth-order valence-electron chi connectivity index (χ4n) is 1.10. The topological polar surface area (TPSA) is 29.1 Å². The lowest BCUT2D eigenvalue weighted by Crippen LogP contribution is -2.09. The van der Waals surface area contributed by atoms with E-state index in [1.54, 1.807) is 25.1 Å². The summed E-state index contributed by atoms with van der Waals surface area (Å²) in [4.78, 5) is 11.2. The van der Waals surface area contributed by atoms with Crippen molar-refractivity contribution in [1.82, 2.24) is 0 Å². The van der Waals surface area contributed by atoms with Gasteiger partial charge in [0.05, 0.1) is 0 Å². The standard InChI is InChI=1S/C11H10ClF2NO/c1-7-6-8(12)2-3-9(7)15-11(16)5-4-10(13)14/h2-6,10H,1H3,(H,15,16)/b5-4+. The quantitative estimate of drug-likeness (QED) is 0.813. The van der Waals surface area contributed by atoms with E-state index in [9.17, 15) is 13.6 Å². The largest absolute Gasteiger partial charge is 0.322 e. The Hall–Kier alpha value is -1.42. The second-order valence-corrected chi connectivity index (χ2v) is 3.58. The van der Waals surface area contributed by atoms with Crippen molar-refractivity contribution >= 4 is 23.2 Å². The van der Waals surface area contributed by atoms with Crippen molar-refractivity contribution in [2.45, 2.75) is 13.3 Å². The van der Waals surface area contributed by atoms with Crippen LogP contribution in [0.15, 0.2) is 30.4 Å². The molecule has 1 N–H and O–H groups in total. The zero-order valence-electron chi connectivity index (χ0n) is 8.51. The van der Waals surface area contributed by atoms with Gasteiger partial charge in [-0.1, -0.05) is 11.6 Å². The molecular weight excluding hydrogens is 236 g/mol. The Labute approximate surface area is 96.9 Å². The predicted octanol–water partition coefficient (Wildman–Crippen LogP) is 3.41. The molecule has 5 heteroatoms. The van der Waals surface area contributed by atoms with Crippen molar-refractivity contribution in [3.8, 4) is 0 Å². The van der Waals surface area contributed by atoms with Gasteiger partial charge in [-0.05, 0) is 36.8 Å². The van der Waals surface area contributed by atoms with Gasteiger partial charge in [-0.25, -0.2) is 8.78 Å². The van der Waals surface area contributed by atoms with Crippen LogP contribution in [0.3, 0.4) is 0 Å². The van der Waals surface area contributed by atoms with Crippen LogP contribution in [-0.2, 0) is 4.79 Å².